The third-order valence-corrected chi connectivity index (χ3v) is 3.73. The fraction of sp³-hybridized carbons (Fsp3) is 0.786. The van der Waals surface area contributed by atoms with Crippen molar-refractivity contribution in [1.82, 2.24) is 0 Å². The van der Waals surface area contributed by atoms with E-state index < -0.39 is 0 Å². The molecule has 2 rings (SSSR count). The van der Waals surface area contributed by atoms with Crippen molar-refractivity contribution in [1.29, 1.82) is 0 Å². The molecule has 0 saturated heterocycles. The molecule has 0 aromatic heterocycles. The van der Waals surface area contributed by atoms with Crippen LogP contribution >= 0.6 is 0 Å². The Labute approximate surface area is 98.8 Å². The second-order valence-corrected chi connectivity index (χ2v) is 5.00. The van der Waals surface area contributed by atoms with E-state index in [2.05, 4.69) is 4.99 Å². The highest BCUT2D eigenvalue weighted by molar-refractivity contribution is 5.65. The molecule has 1 fully saturated rings. The van der Waals surface area contributed by atoms with Crippen LogP contribution in [0.1, 0.15) is 57.8 Å². The summed E-state index contributed by atoms with van der Waals surface area (Å²) in [6.45, 7) is 0. The van der Waals surface area contributed by atoms with Crippen LogP contribution in [0.15, 0.2) is 17.5 Å². The molecule has 1 heterocycles. The van der Waals surface area contributed by atoms with Gasteiger partial charge in [0.15, 0.2) is 0 Å². The van der Waals surface area contributed by atoms with Crippen molar-refractivity contribution in [3.63, 3.8) is 0 Å². The van der Waals surface area contributed by atoms with E-state index in [-0.39, 0.29) is 6.10 Å². The molecule has 0 bridgehead atoms. The van der Waals surface area contributed by atoms with Gasteiger partial charge >= 0.3 is 0 Å². The van der Waals surface area contributed by atoms with E-state index in [1.807, 2.05) is 6.21 Å². The van der Waals surface area contributed by atoms with Crippen molar-refractivity contribution in [2.24, 2.45) is 10.9 Å². The summed E-state index contributed by atoms with van der Waals surface area (Å²) in [6, 6.07) is 0. The maximum absolute atomic E-state index is 5.66. The van der Waals surface area contributed by atoms with Crippen LogP contribution in [-0.2, 0) is 4.74 Å². The maximum Gasteiger partial charge on any atom is 0.136 e. The van der Waals surface area contributed by atoms with E-state index >= 15 is 0 Å². The third kappa shape index (κ3) is 3.66. The highest BCUT2D eigenvalue weighted by atomic mass is 16.5. The van der Waals surface area contributed by atoms with E-state index in [1.54, 1.807) is 12.5 Å². The van der Waals surface area contributed by atoms with Gasteiger partial charge in [-0.25, -0.2) is 0 Å². The normalized spacial score (nSPS) is 28.6. The van der Waals surface area contributed by atoms with E-state index in [4.69, 9.17) is 4.74 Å². The summed E-state index contributed by atoms with van der Waals surface area (Å²) in [5, 5.41) is 0. The molecule has 1 unspecified atom stereocenters. The van der Waals surface area contributed by atoms with Crippen LogP contribution in [0.25, 0.3) is 0 Å². The Bertz CT molecular complexity index is 237. The first-order chi connectivity index (χ1) is 7.97. The summed E-state index contributed by atoms with van der Waals surface area (Å²) >= 11 is 0. The SMILES string of the molecule is C1=COC(C2CCCCCCCCC2)C=N1. The van der Waals surface area contributed by atoms with Gasteiger partial charge in [0.25, 0.3) is 0 Å². The lowest BCUT2D eigenvalue weighted by molar-refractivity contribution is 0.128. The summed E-state index contributed by atoms with van der Waals surface area (Å²) in [4.78, 5) is 4.20. The highest BCUT2D eigenvalue weighted by Crippen LogP contribution is 2.25. The molecule has 0 aromatic rings. The van der Waals surface area contributed by atoms with Gasteiger partial charge in [0.05, 0.1) is 6.20 Å². The molecule has 1 saturated carbocycles. The van der Waals surface area contributed by atoms with Crippen molar-refractivity contribution < 1.29 is 4.74 Å². The Kier molecular flexibility index (Phi) is 4.91. The van der Waals surface area contributed by atoms with Crippen LogP contribution < -0.4 is 0 Å². The molecule has 1 atom stereocenters. The highest BCUT2D eigenvalue weighted by Gasteiger charge is 2.21. The van der Waals surface area contributed by atoms with E-state index in [9.17, 15) is 0 Å². The Morgan fingerprint density at radius 1 is 0.875 bits per heavy atom. The van der Waals surface area contributed by atoms with Crippen LogP contribution in [0.4, 0.5) is 0 Å². The zero-order valence-electron chi connectivity index (χ0n) is 10.1. The lowest BCUT2D eigenvalue weighted by atomic mass is 9.88. The Morgan fingerprint density at radius 3 is 2.06 bits per heavy atom. The van der Waals surface area contributed by atoms with Crippen LogP contribution in [0.3, 0.4) is 0 Å². The number of hydrogen-bond donors (Lipinski definition) is 0. The zero-order chi connectivity index (χ0) is 11.1. The summed E-state index contributed by atoms with van der Waals surface area (Å²) in [5.74, 6) is 0.687. The molecular formula is C14H23NO. The summed E-state index contributed by atoms with van der Waals surface area (Å²) in [7, 11) is 0. The summed E-state index contributed by atoms with van der Waals surface area (Å²) < 4.78 is 5.66. The van der Waals surface area contributed by atoms with Crippen molar-refractivity contribution >= 4 is 6.21 Å². The topological polar surface area (TPSA) is 21.6 Å². The van der Waals surface area contributed by atoms with Crippen LogP contribution in [0.2, 0.25) is 0 Å². The zero-order valence-corrected chi connectivity index (χ0v) is 10.1. The number of hydrogen-bond acceptors (Lipinski definition) is 2. The monoisotopic (exact) mass is 221 g/mol. The van der Waals surface area contributed by atoms with E-state index in [1.165, 1.54) is 57.8 Å². The van der Waals surface area contributed by atoms with Gasteiger partial charge in [-0.3, -0.25) is 4.99 Å². The molecule has 0 spiro atoms. The van der Waals surface area contributed by atoms with Gasteiger partial charge in [-0.05, 0) is 12.8 Å². The predicted octanol–water partition coefficient (Wildman–Crippen LogP) is 4.07. The smallest absolute Gasteiger partial charge is 0.136 e. The fourth-order valence-electron chi connectivity index (χ4n) is 2.73. The van der Waals surface area contributed by atoms with Crippen LogP contribution in [-0.4, -0.2) is 12.3 Å². The predicted molar refractivity (Wildman–Crippen MR) is 67.5 cm³/mol. The molecule has 1 aliphatic heterocycles. The minimum Gasteiger partial charge on any atom is -0.490 e. The largest absolute Gasteiger partial charge is 0.490 e. The van der Waals surface area contributed by atoms with Crippen LogP contribution in [0.5, 0.6) is 0 Å². The van der Waals surface area contributed by atoms with Crippen molar-refractivity contribution in [2.75, 3.05) is 0 Å². The van der Waals surface area contributed by atoms with Gasteiger partial charge in [-0.1, -0.05) is 44.9 Å². The molecule has 0 aromatic carbocycles. The van der Waals surface area contributed by atoms with Crippen LogP contribution in [0, 0.1) is 5.92 Å². The molecule has 16 heavy (non-hydrogen) atoms. The lowest BCUT2D eigenvalue weighted by Crippen LogP contribution is -2.25. The van der Waals surface area contributed by atoms with E-state index in [0.717, 1.165) is 0 Å². The summed E-state index contributed by atoms with van der Waals surface area (Å²) in [6.07, 6.45) is 18.1. The van der Waals surface area contributed by atoms with Gasteiger partial charge < -0.3 is 4.74 Å². The minimum absolute atomic E-state index is 0.240. The molecule has 0 amide bonds. The number of rotatable bonds is 1. The van der Waals surface area contributed by atoms with Crippen molar-refractivity contribution in [3.05, 3.63) is 12.5 Å². The molecule has 0 radical (unpaired) electrons. The second kappa shape index (κ2) is 6.72. The molecule has 1 aliphatic carbocycles. The fourth-order valence-corrected chi connectivity index (χ4v) is 2.73. The second-order valence-electron chi connectivity index (χ2n) is 5.00. The lowest BCUT2D eigenvalue weighted by Gasteiger charge is -2.25. The first kappa shape index (κ1) is 11.7. The average molecular weight is 221 g/mol. The van der Waals surface area contributed by atoms with Gasteiger partial charge in [0, 0.05) is 12.1 Å². The minimum atomic E-state index is 0.240. The third-order valence-electron chi connectivity index (χ3n) is 3.73. The average Bonchev–Trinajstić information content (AvgIpc) is 2.37. The van der Waals surface area contributed by atoms with Crippen molar-refractivity contribution in [3.8, 4) is 0 Å². The molecule has 2 aliphatic rings. The first-order valence-electron chi connectivity index (χ1n) is 6.80. The Balaban J connectivity index is 1.84. The van der Waals surface area contributed by atoms with Gasteiger partial charge in [-0.15, -0.1) is 0 Å². The molecule has 0 N–H and O–H groups in total. The number of aliphatic imine (C=N–C) groups is 1. The number of nitrogens with zero attached hydrogens (tertiary/aromatic N) is 1. The molecule has 90 valence electrons. The maximum atomic E-state index is 5.66. The van der Waals surface area contributed by atoms with Gasteiger partial charge in [0.2, 0.25) is 0 Å². The quantitative estimate of drug-likeness (QED) is 0.654. The molecule has 2 heteroatoms. The molecular weight excluding hydrogens is 198 g/mol. The Hall–Kier alpha value is -0.790. The Morgan fingerprint density at radius 2 is 1.50 bits per heavy atom. The summed E-state index contributed by atoms with van der Waals surface area (Å²) in [5.41, 5.74) is 0. The number of ether oxygens (including phenoxy) is 1. The van der Waals surface area contributed by atoms with Crippen molar-refractivity contribution in [2.45, 2.75) is 63.9 Å². The van der Waals surface area contributed by atoms with Gasteiger partial charge in [0.1, 0.15) is 12.4 Å². The first-order valence-corrected chi connectivity index (χ1v) is 6.80. The van der Waals surface area contributed by atoms with E-state index in [0.29, 0.717) is 5.92 Å². The van der Waals surface area contributed by atoms with Gasteiger partial charge in [-0.2, -0.15) is 0 Å². The molecule has 2 nitrogen and oxygen atoms in total. The standard InChI is InChI=1S/C14H23NO/c1-2-4-6-8-13(9-7-5-3-1)14-12-15-10-11-16-14/h10-14H,1-9H2.